The van der Waals surface area contributed by atoms with Gasteiger partial charge in [-0.1, -0.05) is 6.07 Å². The van der Waals surface area contributed by atoms with Crippen LogP contribution in [0.4, 0.5) is 21.8 Å². The summed E-state index contributed by atoms with van der Waals surface area (Å²) in [4.78, 5) is 31.2. The fourth-order valence-electron chi connectivity index (χ4n) is 4.26. The number of hydrogen-bond donors (Lipinski definition) is 4. The Morgan fingerprint density at radius 1 is 1.27 bits per heavy atom. The molecule has 37 heavy (non-hydrogen) atoms. The molecule has 1 fully saturated rings. The van der Waals surface area contributed by atoms with Gasteiger partial charge in [0.25, 0.3) is 11.8 Å². The van der Waals surface area contributed by atoms with E-state index in [1.54, 1.807) is 38.0 Å². The number of nitrogens with zero attached hydrogens (tertiary/aromatic N) is 6. The first kappa shape index (κ1) is 25.9. The Labute approximate surface area is 213 Å². The first-order valence-corrected chi connectivity index (χ1v) is 11.8. The summed E-state index contributed by atoms with van der Waals surface area (Å²) in [7, 11) is 1.75. The molecule has 5 N–H and O–H groups in total. The van der Waals surface area contributed by atoms with Crippen LogP contribution in [0.15, 0.2) is 30.6 Å². The number of nitrogens with one attached hydrogen (secondary N) is 2. The molecule has 0 spiro atoms. The molecule has 2 amide bonds. The predicted octanol–water partition coefficient (Wildman–Crippen LogP) is 1.60. The van der Waals surface area contributed by atoms with Crippen molar-refractivity contribution in [3.05, 3.63) is 53.2 Å². The van der Waals surface area contributed by atoms with Crippen molar-refractivity contribution in [1.29, 1.82) is 0 Å². The van der Waals surface area contributed by atoms with Crippen molar-refractivity contribution >= 4 is 29.3 Å². The molecule has 0 saturated carbocycles. The van der Waals surface area contributed by atoms with Gasteiger partial charge in [0.05, 0.1) is 23.0 Å². The van der Waals surface area contributed by atoms with Crippen LogP contribution in [0, 0.1) is 5.82 Å². The van der Waals surface area contributed by atoms with Crippen LogP contribution in [-0.4, -0.2) is 60.5 Å². The molecule has 3 heterocycles. The van der Waals surface area contributed by atoms with Gasteiger partial charge in [0, 0.05) is 31.9 Å². The highest BCUT2D eigenvalue weighted by Gasteiger charge is 2.32. The summed E-state index contributed by atoms with van der Waals surface area (Å²) in [5.74, 6) is -1.66. The number of hydrogen-bond acceptors (Lipinski definition) is 9. The van der Waals surface area contributed by atoms with Crippen molar-refractivity contribution in [2.75, 3.05) is 16.8 Å². The summed E-state index contributed by atoms with van der Waals surface area (Å²) >= 11 is 0. The number of aryl methyl sites for hydroxylation is 1. The molecule has 196 valence electrons. The first-order chi connectivity index (χ1) is 17.4. The second-order valence-corrected chi connectivity index (χ2v) is 9.61. The number of amides is 2. The number of halogens is 1. The van der Waals surface area contributed by atoms with Crippen LogP contribution in [0.25, 0.3) is 0 Å². The highest BCUT2D eigenvalue weighted by molar-refractivity contribution is 5.96. The highest BCUT2D eigenvalue weighted by atomic mass is 19.1. The fraction of sp³-hybridized carbons (Fsp3) is 0.417. The van der Waals surface area contributed by atoms with Crippen LogP contribution in [0.1, 0.15) is 60.0 Å². The van der Waals surface area contributed by atoms with Crippen LogP contribution >= 0.6 is 0 Å². The minimum Gasteiger partial charge on any atom is -0.386 e. The third-order valence-corrected chi connectivity index (χ3v) is 6.36. The van der Waals surface area contributed by atoms with Crippen LogP contribution in [0.3, 0.4) is 0 Å². The largest absolute Gasteiger partial charge is 0.386 e. The van der Waals surface area contributed by atoms with E-state index in [0.29, 0.717) is 30.6 Å². The molecule has 1 aliphatic heterocycles. The van der Waals surface area contributed by atoms with E-state index in [1.807, 2.05) is 11.8 Å². The number of aromatic nitrogens is 5. The van der Waals surface area contributed by atoms with Gasteiger partial charge in [-0.15, -0.1) is 10.2 Å². The topological polar surface area (TPSA) is 164 Å². The maximum atomic E-state index is 14.7. The maximum absolute atomic E-state index is 14.7. The summed E-state index contributed by atoms with van der Waals surface area (Å²) in [6, 6.07) is 3.48. The molecule has 4 rings (SSSR count). The van der Waals surface area contributed by atoms with E-state index in [2.05, 4.69) is 30.9 Å². The Morgan fingerprint density at radius 3 is 2.65 bits per heavy atom. The molecule has 0 unspecified atom stereocenters. The van der Waals surface area contributed by atoms with Crippen molar-refractivity contribution < 1.29 is 19.1 Å². The van der Waals surface area contributed by atoms with Gasteiger partial charge in [-0.2, -0.15) is 10.1 Å². The molecule has 0 bridgehead atoms. The monoisotopic (exact) mass is 511 g/mol. The fourth-order valence-corrected chi connectivity index (χ4v) is 4.26. The Morgan fingerprint density at radius 2 is 2.03 bits per heavy atom. The number of benzene rings is 1. The lowest BCUT2D eigenvalue weighted by Gasteiger charge is -2.39. The van der Waals surface area contributed by atoms with Gasteiger partial charge in [-0.3, -0.25) is 14.3 Å². The van der Waals surface area contributed by atoms with Gasteiger partial charge in [0.1, 0.15) is 5.82 Å². The van der Waals surface area contributed by atoms with Crippen molar-refractivity contribution in [2.45, 2.75) is 51.3 Å². The van der Waals surface area contributed by atoms with Crippen molar-refractivity contribution in [2.24, 2.45) is 12.8 Å². The lowest BCUT2D eigenvalue weighted by molar-refractivity contribution is 0.0779. The summed E-state index contributed by atoms with van der Waals surface area (Å²) in [5.41, 5.74) is 4.97. The molecule has 1 aromatic carbocycles. The Bertz CT molecular complexity index is 1320. The summed E-state index contributed by atoms with van der Waals surface area (Å²) in [5, 5.41) is 28.2. The van der Waals surface area contributed by atoms with E-state index in [4.69, 9.17) is 5.73 Å². The number of aliphatic hydroxyl groups is 1. The van der Waals surface area contributed by atoms with Gasteiger partial charge in [-0.05, 0) is 51.3 Å². The van der Waals surface area contributed by atoms with Crippen LogP contribution in [0.5, 0.6) is 0 Å². The van der Waals surface area contributed by atoms with Gasteiger partial charge in [-0.25, -0.2) is 4.39 Å². The lowest BCUT2D eigenvalue weighted by Crippen LogP contribution is -2.54. The summed E-state index contributed by atoms with van der Waals surface area (Å²) in [6.07, 6.45) is 4.64. The second kappa shape index (κ2) is 10.1. The Kier molecular flexibility index (Phi) is 7.07. The van der Waals surface area contributed by atoms with Crippen LogP contribution in [0.2, 0.25) is 0 Å². The third kappa shape index (κ3) is 5.66. The van der Waals surface area contributed by atoms with E-state index in [-0.39, 0.29) is 35.1 Å². The number of rotatable bonds is 7. The van der Waals surface area contributed by atoms with Crippen molar-refractivity contribution in [3.8, 4) is 0 Å². The first-order valence-electron chi connectivity index (χ1n) is 11.8. The number of carbonyl (C=O) groups excluding carboxylic acids is 2. The van der Waals surface area contributed by atoms with Gasteiger partial charge < -0.3 is 26.4 Å². The molecule has 2 aromatic heterocycles. The van der Waals surface area contributed by atoms with Crippen LogP contribution < -0.4 is 21.3 Å². The molecule has 3 aromatic rings. The predicted molar refractivity (Wildman–Crippen MR) is 134 cm³/mol. The third-order valence-electron chi connectivity index (χ3n) is 6.36. The number of carbonyl (C=O) groups is 2. The number of piperidine rings is 1. The van der Waals surface area contributed by atoms with E-state index >= 15 is 0 Å². The van der Waals surface area contributed by atoms with E-state index in [9.17, 15) is 19.1 Å². The molecule has 2 atom stereocenters. The normalized spacial score (nSPS) is 17.9. The Hall–Kier alpha value is -4.13. The van der Waals surface area contributed by atoms with Gasteiger partial charge in [0.15, 0.2) is 11.5 Å². The molecule has 0 radical (unpaired) electrons. The summed E-state index contributed by atoms with van der Waals surface area (Å²) in [6.45, 7) is 5.58. The molecule has 13 heteroatoms. The van der Waals surface area contributed by atoms with Gasteiger partial charge in [0.2, 0.25) is 5.95 Å². The van der Waals surface area contributed by atoms with E-state index in [0.717, 1.165) is 0 Å². The quantitative estimate of drug-likeness (QED) is 0.369. The highest BCUT2D eigenvalue weighted by Crippen LogP contribution is 2.26. The minimum absolute atomic E-state index is 0.107. The maximum Gasteiger partial charge on any atom is 0.273 e. The second-order valence-electron chi connectivity index (χ2n) is 9.61. The summed E-state index contributed by atoms with van der Waals surface area (Å²) < 4.78 is 16.3. The molecular weight excluding hydrogens is 481 g/mol. The molecule has 1 aliphatic rings. The van der Waals surface area contributed by atoms with Gasteiger partial charge >= 0.3 is 0 Å². The number of nitrogens with two attached hydrogens (primary N) is 1. The molecule has 0 aliphatic carbocycles. The number of primary amides is 1. The average Bonchev–Trinajstić information content (AvgIpc) is 3.23. The molecular formula is C24H30FN9O3. The SMILES string of the molecule is C[C@@H]1[C@H](NC(=O)c2ccc(C(C)(C)O)cc2F)CCCN1c1nnc(C(N)=O)c(Nc2cnn(C)c2)n1. The zero-order valence-electron chi connectivity index (χ0n) is 21.1. The minimum atomic E-state index is -1.23. The lowest BCUT2D eigenvalue weighted by atomic mass is 9.95. The number of anilines is 3. The van der Waals surface area contributed by atoms with Crippen molar-refractivity contribution in [3.63, 3.8) is 0 Å². The van der Waals surface area contributed by atoms with Crippen molar-refractivity contribution in [1.82, 2.24) is 30.3 Å². The zero-order valence-corrected chi connectivity index (χ0v) is 21.1. The Balaban J connectivity index is 1.54. The smallest absolute Gasteiger partial charge is 0.273 e. The zero-order chi connectivity index (χ0) is 26.9. The average molecular weight is 512 g/mol. The molecule has 12 nitrogen and oxygen atoms in total. The van der Waals surface area contributed by atoms with E-state index < -0.39 is 23.2 Å². The molecule has 1 saturated heterocycles. The van der Waals surface area contributed by atoms with E-state index in [1.165, 1.54) is 18.2 Å². The standard InChI is InChI=1S/C24H30FN9O3/c1-13-18(29-22(36)16-8-7-14(10-17(16)25)24(2,3)37)6-5-9-34(13)23-30-21(19(20(26)35)31-32-23)28-15-11-27-33(4)12-15/h7-8,10-13,18,37H,5-6,9H2,1-4H3,(H2,26,35)(H,29,36)(H,28,30,32)/t13-,18-/m1/s1. The van der Waals surface area contributed by atoms with Crippen LogP contribution in [-0.2, 0) is 12.6 Å².